The molecule has 3 aromatic carbocycles. The topological polar surface area (TPSA) is 61.5 Å². The fourth-order valence-electron chi connectivity index (χ4n) is 5.69. The lowest BCUT2D eigenvalue weighted by Gasteiger charge is -2.26. The van der Waals surface area contributed by atoms with Crippen LogP contribution in [0.15, 0.2) is 90.8 Å². The SMILES string of the molecule is CCN1/C(=C/C=C/c2cc[n+](CCCS(=O)(=O)O)c3ccccc23)C(C)(C)c2c1ccc1ccccc21. The average molecular weight is 514 g/mol. The van der Waals surface area contributed by atoms with E-state index in [9.17, 15) is 8.42 Å². The lowest BCUT2D eigenvalue weighted by atomic mass is 9.81. The number of hydrogen-bond acceptors (Lipinski definition) is 3. The van der Waals surface area contributed by atoms with E-state index in [0.29, 0.717) is 13.0 Å². The van der Waals surface area contributed by atoms with E-state index < -0.39 is 10.1 Å². The first-order valence-electron chi connectivity index (χ1n) is 12.8. The van der Waals surface area contributed by atoms with Gasteiger partial charge < -0.3 is 4.90 Å². The number of aryl methyl sites for hydroxylation is 1. The van der Waals surface area contributed by atoms with Crippen molar-refractivity contribution in [2.45, 2.75) is 39.2 Å². The molecule has 1 aliphatic heterocycles. The fraction of sp³-hybridized carbons (Fsp3) is 0.258. The zero-order valence-electron chi connectivity index (χ0n) is 21.6. The number of allylic oxidation sites excluding steroid dienone is 3. The highest BCUT2D eigenvalue weighted by atomic mass is 32.2. The van der Waals surface area contributed by atoms with Crippen molar-refractivity contribution in [1.82, 2.24) is 0 Å². The molecule has 0 saturated carbocycles. The van der Waals surface area contributed by atoms with Gasteiger partial charge in [0.15, 0.2) is 6.20 Å². The first kappa shape index (κ1) is 25.2. The van der Waals surface area contributed by atoms with Gasteiger partial charge in [-0.3, -0.25) is 4.55 Å². The molecule has 0 bridgehead atoms. The van der Waals surface area contributed by atoms with Crippen LogP contribution < -0.4 is 9.47 Å². The molecule has 0 aliphatic carbocycles. The van der Waals surface area contributed by atoms with Gasteiger partial charge in [-0.15, -0.1) is 0 Å². The number of aromatic nitrogens is 1. The number of benzene rings is 3. The van der Waals surface area contributed by atoms with Crippen LogP contribution in [0.2, 0.25) is 0 Å². The highest BCUT2D eigenvalue weighted by Gasteiger charge is 2.40. The van der Waals surface area contributed by atoms with Crippen molar-refractivity contribution >= 4 is 43.6 Å². The first-order valence-corrected chi connectivity index (χ1v) is 14.4. The Bertz CT molecular complexity index is 1650. The molecule has 5 nitrogen and oxygen atoms in total. The third-order valence-corrected chi connectivity index (χ3v) is 8.16. The zero-order chi connectivity index (χ0) is 26.2. The Hall–Kier alpha value is -3.48. The number of para-hydroxylation sites is 1. The molecular formula is C31H33N2O3S+. The fourth-order valence-corrected chi connectivity index (χ4v) is 6.18. The summed E-state index contributed by atoms with van der Waals surface area (Å²) in [6.07, 6.45) is 8.85. The number of hydrogen-bond donors (Lipinski definition) is 1. The van der Waals surface area contributed by atoms with E-state index in [1.54, 1.807) is 0 Å². The quantitative estimate of drug-likeness (QED) is 0.234. The van der Waals surface area contributed by atoms with Crippen LogP contribution >= 0.6 is 0 Å². The summed E-state index contributed by atoms with van der Waals surface area (Å²) >= 11 is 0. The molecule has 190 valence electrons. The molecule has 2 heterocycles. The molecule has 37 heavy (non-hydrogen) atoms. The Balaban J connectivity index is 1.49. The molecule has 4 aromatic rings. The van der Waals surface area contributed by atoms with Gasteiger partial charge in [-0.25, -0.2) is 0 Å². The molecule has 0 saturated heterocycles. The minimum atomic E-state index is -3.96. The van der Waals surface area contributed by atoms with E-state index in [-0.39, 0.29) is 11.2 Å². The highest BCUT2D eigenvalue weighted by Crippen LogP contribution is 2.50. The second-order valence-electron chi connectivity index (χ2n) is 10.1. The standard InChI is InChI=1S/C31H32N2O3S/c1-4-33-28-18-17-23-11-5-6-14-26(23)30(28)31(2,3)29(33)16-9-12-24-19-21-32(20-10-22-37(34,35)36)27-15-8-7-13-25(24)27/h5-9,11-19,21H,4,10,20,22H2,1-3H3/p+1. The summed E-state index contributed by atoms with van der Waals surface area (Å²) < 4.78 is 33.4. The second-order valence-corrected chi connectivity index (χ2v) is 11.7. The summed E-state index contributed by atoms with van der Waals surface area (Å²) in [7, 11) is -3.96. The van der Waals surface area contributed by atoms with E-state index >= 15 is 0 Å². The lowest BCUT2D eigenvalue weighted by molar-refractivity contribution is -0.671. The predicted molar refractivity (Wildman–Crippen MR) is 152 cm³/mol. The Labute approximate surface area is 219 Å². The van der Waals surface area contributed by atoms with Crippen LogP contribution in [0.3, 0.4) is 0 Å². The molecular weight excluding hydrogens is 480 g/mol. The highest BCUT2D eigenvalue weighted by molar-refractivity contribution is 7.85. The van der Waals surface area contributed by atoms with Crippen molar-refractivity contribution in [3.8, 4) is 0 Å². The largest absolute Gasteiger partial charge is 0.344 e. The van der Waals surface area contributed by atoms with Gasteiger partial charge in [-0.05, 0) is 47.0 Å². The number of nitrogens with zero attached hydrogens (tertiary/aromatic N) is 2. The molecule has 0 radical (unpaired) electrons. The van der Waals surface area contributed by atoms with Gasteiger partial charge in [0.05, 0.1) is 11.1 Å². The molecule has 0 amide bonds. The van der Waals surface area contributed by atoms with Crippen LogP contribution in [0, 0.1) is 0 Å². The number of fused-ring (bicyclic) bond motifs is 4. The molecule has 6 heteroatoms. The third kappa shape index (κ3) is 4.79. The maximum atomic E-state index is 11.1. The van der Waals surface area contributed by atoms with Crippen molar-refractivity contribution in [2.24, 2.45) is 0 Å². The van der Waals surface area contributed by atoms with Crippen molar-refractivity contribution in [2.75, 3.05) is 17.2 Å². The molecule has 0 fully saturated rings. The van der Waals surface area contributed by atoms with Gasteiger partial charge in [0.25, 0.3) is 10.1 Å². The molecule has 1 aliphatic rings. The van der Waals surface area contributed by atoms with Crippen LogP contribution in [-0.2, 0) is 22.1 Å². The number of anilines is 1. The summed E-state index contributed by atoms with van der Waals surface area (Å²) in [6, 6.07) is 23.3. The van der Waals surface area contributed by atoms with Gasteiger partial charge in [-0.1, -0.05) is 68.5 Å². The summed E-state index contributed by atoms with van der Waals surface area (Å²) in [5.41, 5.74) is 5.93. The van der Waals surface area contributed by atoms with Crippen LogP contribution in [0.5, 0.6) is 0 Å². The maximum absolute atomic E-state index is 11.1. The summed E-state index contributed by atoms with van der Waals surface area (Å²) in [5, 5.41) is 3.67. The van der Waals surface area contributed by atoms with Gasteiger partial charge >= 0.3 is 0 Å². The summed E-state index contributed by atoms with van der Waals surface area (Å²) in [6.45, 7) is 8.22. The van der Waals surface area contributed by atoms with E-state index in [4.69, 9.17) is 4.55 Å². The summed E-state index contributed by atoms with van der Waals surface area (Å²) in [4.78, 5) is 2.42. The van der Waals surface area contributed by atoms with E-state index in [2.05, 4.69) is 92.4 Å². The number of likely N-dealkylation sites (N-methyl/N-ethyl adjacent to an activating group) is 1. The average Bonchev–Trinajstić information content (AvgIpc) is 3.10. The van der Waals surface area contributed by atoms with Gasteiger partial charge in [-0.2, -0.15) is 13.0 Å². The van der Waals surface area contributed by atoms with Crippen LogP contribution in [0.25, 0.3) is 27.8 Å². The Morgan fingerprint density at radius 3 is 2.46 bits per heavy atom. The smallest absolute Gasteiger partial charge is 0.265 e. The Morgan fingerprint density at radius 2 is 1.70 bits per heavy atom. The second kappa shape index (κ2) is 9.77. The van der Waals surface area contributed by atoms with Crippen LogP contribution in [0.1, 0.15) is 38.3 Å². The van der Waals surface area contributed by atoms with E-state index in [1.807, 2.05) is 29.0 Å². The molecule has 0 atom stereocenters. The monoisotopic (exact) mass is 513 g/mol. The first-order chi connectivity index (χ1) is 17.7. The molecule has 0 unspecified atom stereocenters. The van der Waals surface area contributed by atoms with Crippen LogP contribution in [-0.4, -0.2) is 25.3 Å². The van der Waals surface area contributed by atoms with Crippen molar-refractivity contribution in [3.63, 3.8) is 0 Å². The van der Waals surface area contributed by atoms with Crippen molar-refractivity contribution in [1.29, 1.82) is 0 Å². The third-order valence-electron chi connectivity index (χ3n) is 7.36. The minimum absolute atomic E-state index is 0.134. The maximum Gasteiger partial charge on any atom is 0.265 e. The lowest BCUT2D eigenvalue weighted by Crippen LogP contribution is -2.35. The zero-order valence-corrected chi connectivity index (χ0v) is 22.4. The van der Waals surface area contributed by atoms with Crippen molar-refractivity contribution < 1.29 is 17.5 Å². The van der Waals surface area contributed by atoms with Crippen molar-refractivity contribution in [3.05, 3.63) is 102 Å². The van der Waals surface area contributed by atoms with Crippen LogP contribution in [0.4, 0.5) is 5.69 Å². The van der Waals surface area contributed by atoms with Gasteiger partial charge in [0.1, 0.15) is 6.54 Å². The summed E-state index contributed by atoms with van der Waals surface area (Å²) in [5.74, 6) is -0.245. The Morgan fingerprint density at radius 1 is 0.973 bits per heavy atom. The normalized spacial score (nSPS) is 16.3. The molecule has 0 spiro atoms. The molecule has 1 aromatic heterocycles. The van der Waals surface area contributed by atoms with E-state index in [0.717, 1.165) is 23.0 Å². The Kier molecular flexibility index (Phi) is 6.65. The number of rotatable bonds is 7. The van der Waals surface area contributed by atoms with Gasteiger partial charge in [0.2, 0.25) is 5.52 Å². The van der Waals surface area contributed by atoms with Gasteiger partial charge in [0, 0.05) is 41.9 Å². The predicted octanol–water partition coefficient (Wildman–Crippen LogP) is 6.27. The molecule has 1 N–H and O–H groups in total. The van der Waals surface area contributed by atoms with E-state index in [1.165, 1.54) is 27.7 Å². The minimum Gasteiger partial charge on any atom is -0.344 e. The molecule has 5 rings (SSSR count). The number of pyridine rings is 1.